The molecule has 0 radical (unpaired) electrons. The fourth-order valence-electron chi connectivity index (χ4n) is 3.61. The normalized spacial score (nSPS) is 22.5. The topological polar surface area (TPSA) is 37.6 Å². The first-order chi connectivity index (χ1) is 11.8. The lowest BCUT2D eigenvalue weighted by Crippen LogP contribution is -3.13. The highest BCUT2D eigenvalue weighted by Gasteiger charge is 2.27. The van der Waals surface area contributed by atoms with Crippen LogP contribution in [0.15, 0.2) is 54.6 Å². The van der Waals surface area contributed by atoms with Crippen LogP contribution in [0.1, 0.15) is 35.4 Å². The van der Waals surface area contributed by atoms with Crippen LogP contribution in [0.4, 0.5) is 0 Å². The van der Waals surface area contributed by atoms with Crippen molar-refractivity contribution in [3.05, 3.63) is 65.2 Å². The lowest BCUT2D eigenvalue weighted by Gasteiger charge is -2.29. The summed E-state index contributed by atoms with van der Waals surface area (Å²) >= 11 is 1.85. The molecule has 0 unspecified atom stereocenters. The third-order valence-electron chi connectivity index (χ3n) is 5.02. The number of rotatable bonds is 4. The summed E-state index contributed by atoms with van der Waals surface area (Å²) in [5.41, 5.74) is 2.16. The highest BCUT2D eigenvalue weighted by Crippen LogP contribution is 2.31. The maximum Gasteiger partial charge on any atom is 0.128 e. The van der Waals surface area contributed by atoms with Crippen LogP contribution in [0.2, 0.25) is 0 Å². The van der Waals surface area contributed by atoms with Crippen molar-refractivity contribution in [1.82, 2.24) is 4.98 Å². The predicted molar refractivity (Wildman–Crippen MR) is 98.6 cm³/mol. The maximum absolute atomic E-state index is 10.4. The smallest absolute Gasteiger partial charge is 0.128 e. The molecule has 3 nitrogen and oxygen atoms in total. The molecule has 1 fully saturated rings. The minimum Gasteiger partial charge on any atom is -0.382 e. The Morgan fingerprint density at radius 1 is 1.04 bits per heavy atom. The van der Waals surface area contributed by atoms with Crippen LogP contribution in [0.25, 0.3) is 10.2 Å². The van der Waals surface area contributed by atoms with E-state index in [2.05, 4.69) is 24.3 Å². The largest absolute Gasteiger partial charge is 0.382 e. The van der Waals surface area contributed by atoms with Crippen LogP contribution in [0.5, 0.6) is 0 Å². The molecule has 3 aromatic rings. The summed E-state index contributed by atoms with van der Waals surface area (Å²) in [6.45, 7) is 3.03. The van der Waals surface area contributed by atoms with Gasteiger partial charge < -0.3 is 10.0 Å². The van der Waals surface area contributed by atoms with Crippen LogP contribution in [0, 0.1) is 0 Å². The predicted octanol–water partition coefficient (Wildman–Crippen LogP) is 2.79. The van der Waals surface area contributed by atoms with Gasteiger partial charge in [0, 0.05) is 18.8 Å². The van der Waals surface area contributed by atoms with E-state index in [0.29, 0.717) is 5.92 Å². The molecule has 1 aromatic heterocycles. The first-order valence-corrected chi connectivity index (χ1v) is 9.53. The van der Waals surface area contributed by atoms with E-state index in [0.717, 1.165) is 43.6 Å². The first-order valence-electron chi connectivity index (χ1n) is 8.71. The Bertz CT molecular complexity index is 761. The highest BCUT2D eigenvalue weighted by molar-refractivity contribution is 7.18. The Balaban J connectivity index is 1.36. The van der Waals surface area contributed by atoms with E-state index in [9.17, 15) is 5.11 Å². The number of hydrogen-bond acceptors (Lipinski definition) is 3. The zero-order chi connectivity index (χ0) is 16.4. The minimum atomic E-state index is -0.361. The number of fused-ring (bicyclic) bond motifs is 1. The molecular weight excluding hydrogens is 316 g/mol. The quantitative estimate of drug-likeness (QED) is 0.767. The van der Waals surface area contributed by atoms with Crippen LogP contribution >= 0.6 is 11.3 Å². The number of nitrogens with one attached hydrogen (secondary N) is 1. The van der Waals surface area contributed by atoms with Crippen LogP contribution in [-0.4, -0.2) is 29.7 Å². The number of piperidine rings is 1. The van der Waals surface area contributed by atoms with Crippen LogP contribution in [0.3, 0.4) is 0 Å². The lowest BCUT2D eigenvalue weighted by molar-refractivity contribution is -0.909. The Hall–Kier alpha value is -1.75. The Labute approximate surface area is 146 Å². The van der Waals surface area contributed by atoms with E-state index in [1.54, 1.807) is 0 Å². The van der Waals surface area contributed by atoms with Gasteiger partial charge >= 0.3 is 0 Å². The summed E-state index contributed by atoms with van der Waals surface area (Å²) in [4.78, 5) is 6.33. The van der Waals surface area contributed by atoms with Crippen molar-refractivity contribution in [3.8, 4) is 0 Å². The fraction of sp³-hybridized carbons (Fsp3) is 0.350. The molecular formula is C20H23N2OS+. The molecule has 124 valence electrons. The monoisotopic (exact) mass is 339 g/mol. The van der Waals surface area contributed by atoms with Crippen molar-refractivity contribution in [3.63, 3.8) is 0 Å². The highest BCUT2D eigenvalue weighted by atomic mass is 32.1. The van der Waals surface area contributed by atoms with E-state index in [-0.39, 0.29) is 6.10 Å². The second kappa shape index (κ2) is 7.01. The molecule has 2 N–H and O–H groups in total. The Morgan fingerprint density at radius 3 is 2.50 bits per heavy atom. The molecule has 0 saturated carbocycles. The number of hydrogen-bond donors (Lipinski definition) is 2. The van der Waals surface area contributed by atoms with Gasteiger partial charge in [0.1, 0.15) is 12.6 Å². The van der Waals surface area contributed by atoms with E-state index < -0.39 is 0 Å². The summed E-state index contributed by atoms with van der Waals surface area (Å²) in [5, 5.41) is 11.7. The third kappa shape index (κ3) is 3.36. The molecule has 24 heavy (non-hydrogen) atoms. The number of quaternary nitrogens is 1. The molecule has 4 rings (SSSR count). The van der Waals surface area contributed by atoms with Gasteiger partial charge in [-0.3, -0.25) is 0 Å². The molecule has 0 aliphatic carbocycles. The van der Waals surface area contributed by atoms with Crippen molar-refractivity contribution in [2.75, 3.05) is 19.6 Å². The third-order valence-corrected chi connectivity index (χ3v) is 6.22. The van der Waals surface area contributed by atoms with Gasteiger partial charge in [-0.2, -0.15) is 0 Å². The minimum absolute atomic E-state index is 0.361. The molecule has 0 bridgehead atoms. The number of aliphatic hydroxyl groups excluding tert-OH is 1. The first kappa shape index (κ1) is 15.8. The molecule has 1 aliphatic heterocycles. The number of aromatic nitrogens is 1. The van der Waals surface area contributed by atoms with Crippen molar-refractivity contribution >= 4 is 21.6 Å². The molecule has 2 aromatic carbocycles. The number of likely N-dealkylation sites (tertiary alicyclic amines) is 1. The molecule has 1 saturated heterocycles. The van der Waals surface area contributed by atoms with Crippen LogP contribution < -0.4 is 4.90 Å². The molecule has 1 atom stereocenters. The van der Waals surface area contributed by atoms with Gasteiger partial charge in [0.05, 0.1) is 28.3 Å². The van der Waals surface area contributed by atoms with Crippen molar-refractivity contribution in [2.24, 2.45) is 0 Å². The van der Waals surface area contributed by atoms with Crippen molar-refractivity contribution < 1.29 is 10.0 Å². The molecule has 0 amide bonds. The van der Waals surface area contributed by atoms with E-state index in [1.807, 2.05) is 41.7 Å². The second-order valence-electron chi connectivity index (χ2n) is 6.67. The van der Waals surface area contributed by atoms with Gasteiger partial charge in [-0.05, 0) is 17.7 Å². The van der Waals surface area contributed by atoms with Gasteiger partial charge in [-0.15, -0.1) is 11.3 Å². The summed E-state index contributed by atoms with van der Waals surface area (Å²) in [7, 11) is 0. The lowest BCUT2D eigenvalue weighted by atomic mass is 9.97. The maximum atomic E-state index is 10.4. The summed E-state index contributed by atoms with van der Waals surface area (Å²) < 4.78 is 1.29. The number of para-hydroxylation sites is 1. The van der Waals surface area contributed by atoms with E-state index in [4.69, 9.17) is 4.98 Å². The number of benzene rings is 2. The molecule has 2 heterocycles. The standard InChI is InChI=1S/C20H22N2OS/c23-18(15-6-2-1-3-7-15)14-22-12-10-16(11-13-22)20-21-17-8-4-5-9-19(17)24-20/h1-9,16,18,23H,10-14H2/p+1/t18-/m0/s1. The Kier molecular flexibility index (Phi) is 4.60. The summed E-state index contributed by atoms with van der Waals surface area (Å²) in [6, 6.07) is 18.4. The molecule has 0 spiro atoms. The van der Waals surface area contributed by atoms with Crippen molar-refractivity contribution in [1.29, 1.82) is 0 Å². The second-order valence-corrected chi connectivity index (χ2v) is 7.74. The summed E-state index contributed by atoms with van der Waals surface area (Å²) in [6.07, 6.45) is 1.97. The summed E-state index contributed by atoms with van der Waals surface area (Å²) in [5.74, 6) is 0.583. The van der Waals surface area contributed by atoms with Crippen LogP contribution in [-0.2, 0) is 0 Å². The average molecular weight is 339 g/mol. The average Bonchev–Trinajstić information content (AvgIpc) is 3.07. The zero-order valence-electron chi connectivity index (χ0n) is 13.7. The van der Waals surface area contributed by atoms with Gasteiger partial charge in [-0.1, -0.05) is 42.5 Å². The zero-order valence-corrected chi connectivity index (χ0v) is 14.5. The van der Waals surface area contributed by atoms with Gasteiger partial charge in [-0.25, -0.2) is 4.98 Å². The number of thiazole rings is 1. The fourth-order valence-corrected chi connectivity index (χ4v) is 4.74. The van der Waals surface area contributed by atoms with Crippen molar-refractivity contribution in [2.45, 2.75) is 24.9 Å². The Morgan fingerprint density at radius 2 is 1.75 bits per heavy atom. The van der Waals surface area contributed by atoms with Gasteiger partial charge in [0.15, 0.2) is 0 Å². The van der Waals surface area contributed by atoms with E-state index in [1.165, 1.54) is 14.6 Å². The SMILES string of the molecule is O[C@@H](C[NH+]1CCC(c2nc3ccccc3s2)CC1)c1ccccc1. The van der Waals surface area contributed by atoms with E-state index >= 15 is 0 Å². The number of aliphatic hydroxyl groups is 1. The molecule has 1 aliphatic rings. The van der Waals surface area contributed by atoms with Gasteiger partial charge in [0.25, 0.3) is 0 Å². The van der Waals surface area contributed by atoms with Gasteiger partial charge in [0.2, 0.25) is 0 Å². The number of nitrogens with zero attached hydrogens (tertiary/aromatic N) is 1. The molecule has 4 heteroatoms.